The van der Waals surface area contributed by atoms with Gasteiger partial charge in [-0.25, -0.2) is 0 Å². The van der Waals surface area contributed by atoms with Crippen molar-refractivity contribution >= 4 is 17.9 Å². The Hall–Kier alpha value is -2.11. The van der Waals surface area contributed by atoms with E-state index in [2.05, 4.69) is 45.1 Å². The van der Waals surface area contributed by atoms with Crippen molar-refractivity contribution in [1.29, 1.82) is 0 Å². The van der Waals surface area contributed by atoms with Crippen LogP contribution in [-0.4, -0.2) is 37.2 Å². The molecule has 0 rings (SSSR count). The first-order valence-electron chi connectivity index (χ1n) is 30.3. The molecule has 0 spiro atoms. The summed E-state index contributed by atoms with van der Waals surface area (Å²) in [6.07, 6.45) is 67.6. The molecule has 0 aromatic carbocycles. The van der Waals surface area contributed by atoms with Crippen molar-refractivity contribution in [3.63, 3.8) is 0 Å². The van der Waals surface area contributed by atoms with E-state index in [1.807, 2.05) is 0 Å². The van der Waals surface area contributed by atoms with E-state index in [1.165, 1.54) is 218 Å². The minimum Gasteiger partial charge on any atom is -0.462 e. The van der Waals surface area contributed by atoms with Crippen LogP contribution in [0.4, 0.5) is 0 Å². The Balaban J connectivity index is 4.20. The number of unbranched alkanes of at least 4 members (excludes halogenated alkanes) is 41. The zero-order valence-corrected chi connectivity index (χ0v) is 45.9. The molecule has 0 aromatic heterocycles. The molecule has 0 saturated heterocycles. The van der Waals surface area contributed by atoms with E-state index >= 15 is 0 Å². The molecule has 400 valence electrons. The smallest absolute Gasteiger partial charge is 0.306 e. The maximum absolute atomic E-state index is 12.8. The lowest BCUT2D eigenvalue weighted by molar-refractivity contribution is -0.167. The van der Waals surface area contributed by atoms with Gasteiger partial charge in [0.2, 0.25) is 0 Å². The van der Waals surface area contributed by atoms with Gasteiger partial charge in [0.25, 0.3) is 0 Å². The van der Waals surface area contributed by atoms with Crippen molar-refractivity contribution in [2.45, 2.75) is 341 Å². The molecule has 0 bridgehead atoms. The highest BCUT2D eigenvalue weighted by molar-refractivity contribution is 5.71. The monoisotopic (exact) mass is 957 g/mol. The Morgan fingerprint density at radius 1 is 0.294 bits per heavy atom. The van der Waals surface area contributed by atoms with E-state index in [1.54, 1.807) is 0 Å². The summed E-state index contributed by atoms with van der Waals surface area (Å²) in [6, 6.07) is 0. The predicted molar refractivity (Wildman–Crippen MR) is 293 cm³/mol. The Labute approximate surface area is 423 Å². The molecule has 68 heavy (non-hydrogen) atoms. The first kappa shape index (κ1) is 65.9. The lowest BCUT2D eigenvalue weighted by atomic mass is 10.0. The fourth-order valence-corrected chi connectivity index (χ4v) is 9.12. The van der Waals surface area contributed by atoms with Gasteiger partial charge in [0.1, 0.15) is 13.2 Å². The second kappa shape index (κ2) is 57.5. The minimum atomic E-state index is -0.773. The Bertz CT molecular complexity index is 1100. The molecule has 1 unspecified atom stereocenters. The van der Waals surface area contributed by atoms with Crippen molar-refractivity contribution < 1.29 is 28.6 Å². The van der Waals surface area contributed by atoms with Crippen LogP contribution in [0.3, 0.4) is 0 Å². The third kappa shape index (κ3) is 54.8. The van der Waals surface area contributed by atoms with Crippen LogP contribution in [0.2, 0.25) is 0 Å². The maximum Gasteiger partial charge on any atom is 0.306 e. The fourth-order valence-electron chi connectivity index (χ4n) is 9.12. The van der Waals surface area contributed by atoms with Crippen LogP contribution in [0.1, 0.15) is 335 Å². The maximum atomic E-state index is 12.8. The second-order valence-corrected chi connectivity index (χ2v) is 20.6. The molecule has 0 radical (unpaired) electrons. The normalized spacial score (nSPS) is 12.1. The van der Waals surface area contributed by atoms with Crippen molar-refractivity contribution in [1.82, 2.24) is 0 Å². The van der Waals surface area contributed by atoms with E-state index in [-0.39, 0.29) is 31.1 Å². The Kier molecular flexibility index (Phi) is 55.7. The summed E-state index contributed by atoms with van der Waals surface area (Å²) in [6.45, 7) is 6.65. The number of rotatable bonds is 56. The van der Waals surface area contributed by atoms with Gasteiger partial charge >= 0.3 is 17.9 Å². The van der Waals surface area contributed by atoms with Crippen LogP contribution in [0.15, 0.2) is 24.3 Å². The third-order valence-corrected chi connectivity index (χ3v) is 13.7. The molecule has 0 aliphatic carbocycles. The lowest BCUT2D eigenvalue weighted by Gasteiger charge is -2.18. The largest absolute Gasteiger partial charge is 0.462 e. The predicted octanol–water partition coefficient (Wildman–Crippen LogP) is 20.3. The summed E-state index contributed by atoms with van der Waals surface area (Å²) in [4.78, 5) is 38.1. The van der Waals surface area contributed by atoms with Gasteiger partial charge in [-0.15, -0.1) is 0 Å². The number of carbonyl (C=O) groups excluding carboxylic acids is 3. The molecule has 6 heteroatoms. The highest BCUT2D eigenvalue weighted by atomic mass is 16.6. The lowest BCUT2D eigenvalue weighted by Crippen LogP contribution is -2.30. The Morgan fingerprint density at radius 3 is 0.838 bits per heavy atom. The average Bonchev–Trinajstić information content (AvgIpc) is 3.34. The molecule has 0 N–H and O–H groups in total. The molecule has 0 amide bonds. The average molecular weight is 958 g/mol. The molecule has 0 aromatic rings. The van der Waals surface area contributed by atoms with E-state index in [0.29, 0.717) is 19.3 Å². The summed E-state index contributed by atoms with van der Waals surface area (Å²) in [5.41, 5.74) is 0. The number of ether oxygens (including phenoxy) is 3. The molecule has 6 nitrogen and oxygen atoms in total. The molecular weight excluding hydrogens is 841 g/mol. The quantitative estimate of drug-likeness (QED) is 0.0262. The molecular formula is C62H116O6. The third-order valence-electron chi connectivity index (χ3n) is 13.7. The van der Waals surface area contributed by atoms with Crippen molar-refractivity contribution in [3.8, 4) is 0 Å². The van der Waals surface area contributed by atoms with Crippen LogP contribution in [-0.2, 0) is 28.6 Å². The molecule has 0 aliphatic heterocycles. The van der Waals surface area contributed by atoms with Gasteiger partial charge in [-0.1, -0.05) is 289 Å². The molecule has 1 atom stereocenters. The van der Waals surface area contributed by atoms with Gasteiger partial charge in [0.05, 0.1) is 0 Å². The van der Waals surface area contributed by atoms with Crippen LogP contribution in [0.25, 0.3) is 0 Å². The van der Waals surface area contributed by atoms with Gasteiger partial charge in [0.15, 0.2) is 6.10 Å². The molecule has 0 heterocycles. The van der Waals surface area contributed by atoms with Crippen LogP contribution < -0.4 is 0 Å². The SMILES string of the molecule is CCCCC/C=C\C/C=C\CCCCCCCC(=O)OC(COC(=O)CCCCCCCCCCCCC)COC(=O)CCCCCCCCCCCCCCCCCCCCCCCCCC. The van der Waals surface area contributed by atoms with Gasteiger partial charge < -0.3 is 14.2 Å². The number of allylic oxidation sites excluding steroid dienone is 4. The van der Waals surface area contributed by atoms with Gasteiger partial charge in [-0.05, 0) is 51.4 Å². The Morgan fingerprint density at radius 2 is 0.529 bits per heavy atom. The number of carbonyl (C=O) groups is 3. The number of esters is 3. The van der Waals surface area contributed by atoms with Crippen LogP contribution >= 0.6 is 0 Å². The van der Waals surface area contributed by atoms with Gasteiger partial charge in [0, 0.05) is 19.3 Å². The second-order valence-electron chi connectivity index (χ2n) is 20.6. The molecule has 0 saturated carbocycles. The van der Waals surface area contributed by atoms with E-state index in [4.69, 9.17) is 14.2 Å². The minimum absolute atomic E-state index is 0.0716. The number of hydrogen-bond acceptors (Lipinski definition) is 6. The molecule has 0 fully saturated rings. The topological polar surface area (TPSA) is 78.9 Å². The first-order valence-corrected chi connectivity index (χ1v) is 30.3. The highest BCUT2D eigenvalue weighted by Crippen LogP contribution is 2.17. The van der Waals surface area contributed by atoms with Crippen LogP contribution in [0.5, 0.6) is 0 Å². The van der Waals surface area contributed by atoms with Crippen molar-refractivity contribution in [2.75, 3.05) is 13.2 Å². The van der Waals surface area contributed by atoms with Gasteiger partial charge in [-0.3, -0.25) is 14.4 Å². The summed E-state index contributed by atoms with van der Waals surface area (Å²) in [7, 11) is 0. The van der Waals surface area contributed by atoms with Crippen molar-refractivity contribution in [2.24, 2.45) is 0 Å². The standard InChI is InChI=1S/C62H116O6/c1-4-7-10-13-16-19-22-24-26-27-28-29-30-31-32-33-34-36-37-40-43-46-49-52-55-61(64)67-58-59(57-66-60(63)54-51-48-45-42-39-21-18-15-12-9-6-3)68-62(65)56-53-50-47-44-41-38-35-25-23-20-17-14-11-8-5-2/h17,20,25,35,59H,4-16,18-19,21-24,26-34,36-58H2,1-3H3/b20-17-,35-25-. The summed E-state index contributed by atoms with van der Waals surface area (Å²) in [5.74, 6) is -0.865. The zero-order chi connectivity index (χ0) is 49.3. The summed E-state index contributed by atoms with van der Waals surface area (Å²) < 4.78 is 16.9. The van der Waals surface area contributed by atoms with Crippen molar-refractivity contribution in [3.05, 3.63) is 24.3 Å². The summed E-state index contributed by atoms with van der Waals surface area (Å²) >= 11 is 0. The highest BCUT2D eigenvalue weighted by Gasteiger charge is 2.19. The van der Waals surface area contributed by atoms with E-state index in [9.17, 15) is 14.4 Å². The zero-order valence-electron chi connectivity index (χ0n) is 45.9. The number of hydrogen-bond donors (Lipinski definition) is 0. The van der Waals surface area contributed by atoms with Gasteiger partial charge in [-0.2, -0.15) is 0 Å². The summed E-state index contributed by atoms with van der Waals surface area (Å²) in [5, 5.41) is 0. The first-order chi connectivity index (χ1) is 33.5. The van der Waals surface area contributed by atoms with E-state index < -0.39 is 6.10 Å². The fraction of sp³-hybridized carbons (Fsp3) is 0.887. The molecule has 0 aliphatic rings. The van der Waals surface area contributed by atoms with E-state index in [0.717, 1.165) is 77.0 Å². The van der Waals surface area contributed by atoms with Crippen LogP contribution in [0, 0.1) is 0 Å².